The summed E-state index contributed by atoms with van der Waals surface area (Å²) < 4.78 is 15.4. The number of pyridine rings is 1. The first kappa shape index (κ1) is 15.4. The monoisotopic (exact) mass is 293 g/mol. The number of rotatable bonds is 2. The number of aromatic nitrogens is 1. The normalized spacial score (nSPS) is 12.9. The number of hydrogen-bond donors (Lipinski definition) is 0. The third-order valence-corrected chi connectivity index (χ3v) is 4.54. The van der Waals surface area contributed by atoms with Crippen molar-refractivity contribution < 1.29 is 4.39 Å². The van der Waals surface area contributed by atoms with E-state index >= 15 is 0 Å². The van der Waals surface area contributed by atoms with Crippen LogP contribution in [0.3, 0.4) is 0 Å². The Morgan fingerprint density at radius 3 is 2.05 bits per heavy atom. The molecule has 110 valence electrons. The fourth-order valence-electron chi connectivity index (χ4n) is 2.69. The lowest BCUT2D eigenvalue weighted by atomic mass is 9.80. The molecule has 3 heteroatoms. The molecule has 2 rings (SSSR count). The van der Waals surface area contributed by atoms with Crippen LogP contribution in [0.15, 0.2) is 5.38 Å². The van der Waals surface area contributed by atoms with Crippen LogP contribution in [0.5, 0.6) is 0 Å². The van der Waals surface area contributed by atoms with E-state index in [1.165, 1.54) is 11.3 Å². The van der Waals surface area contributed by atoms with Gasteiger partial charge in [-0.1, -0.05) is 48.5 Å². The second-order valence-electron chi connectivity index (χ2n) is 7.10. The zero-order valence-electron chi connectivity index (χ0n) is 13.5. The summed E-state index contributed by atoms with van der Waals surface area (Å²) in [5.74, 6) is 0.508. The largest absolute Gasteiger partial charge is 0.256 e. The minimum atomic E-state index is -0.109. The van der Waals surface area contributed by atoms with Crippen LogP contribution in [0.25, 0.3) is 10.1 Å². The second-order valence-corrected chi connectivity index (χ2v) is 7.98. The van der Waals surface area contributed by atoms with Gasteiger partial charge in [0, 0.05) is 16.5 Å². The Morgan fingerprint density at radius 2 is 1.60 bits per heavy atom. The fraction of sp³-hybridized carbons (Fsp3) is 0.588. The highest BCUT2D eigenvalue weighted by atomic mass is 32.1. The lowest BCUT2D eigenvalue weighted by molar-refractivity contribution is 0.568. The van der Waals surface area contributed by atoms with Gasteiger partial charge in [-0.25, -0.2) is 4.39 Å². The first-order valence-corrected chi connectivity index (χ1v) is 8.13. The van der Waals surface area contributed by atoms with Crippen LogP contribution in [-0.4, -0.2) is 4.98 Å². The molecule has 0 atom stereocenters. The van der Waals surface area contributed by atoms with Crippen molar-refractivity contribution in [2.75, 3.05) is 0 Å². The summed E-state index contributed by atoms with van der Waals surface area (Å²) in [7, 11) is 0. The Morgan fingerprint density at radius 1 is 1.05 bits per heavy atom. The van der Waals surface area contributed by atoms with Gasteiger partial charge in [0.05, 0.1) is 10.4 Å². The van der Waals surface area contributed by atoms with Gasteiger partial charge in [-0.2, -0.15) is 0 Å². The molecule has 0 N–H and O–H groups in total. The summed E-state index contributed by atoms with van der Waals surface area (Å²) in [5.41, 5.74) is 3.05. The molecule has 0 saturated heterocycles. The van der Waals surface area contributed by atoms with Crippen LogP contribution in [0.2, 0.25) is 0 Å². The van der Waals surface area contributed by atoms with Crippen molar-refractivity contribution in [3.8, 4) is 0 Å². The number of nitrogens with zero attached hydrogens (tertiary/aromatic N) is 1. The Hall–Kier alpha value is -0.960. The molecule has 0 aliphatic heterocycles. The van der Waals surface area contributed by atoms with Gasteiger partial charge < -0.3 is 0 Å². The summed E-state index contributed by atoms with van der Waals surface area (Å²) in [6.07, 6.45) is 0. The van der Waals surface area contributed by atoms with Crippen LogP contribution in [0.1, 0.15) is 77.3 Å². The predicted molar refractivity (Wildman–Crippen MR) is 86.5 cm³/mol. The summed E-state index contributed by atoms with van der Waals surface area (Å²) in [6.45, 7) is 14.9. The SMILES string of the molecule is CC(C)c1nc(C(C)C)c2scc(F)c2c1C(C)(C)C. The van der Waals surface area contributed by atoms with Crippen LogP contribution in [0, 0.1) is 5.82 Å². The lowest BCUT2D eigenvalue weighted by Crippen LogP contribution is -2.18. The molecule has 0 bridgehead atoms. The molecule has 0 amide bonds. The lowest BCUT2D eigenvalue weighted by Gasteiger charge is -2.26. The van der Waals surface area contributed by atoms with Crippen molar-refractivity contribution in [1.29, 1.82) is 0 Å². The molecule has 1 nitrogen and oxygen atoms in total. The average Bonchev–Trinajstić information content (AvgIpc) is 2.68. The minimum absolute atomic E-state index is 0.0962. The summed E-state index contributed by atoms with van der Waals surface area (Å²) >= 11 is 1.48. The molecule has 0 aromatic carbocycles. The standard InChI is InChI=1S/C17H24FNS/c1-9(2)14-13(17(5,6)7)12-11(18)8-20-16(12)15(19-14)10(3)4/h8-10H,1-7H3. The molecule has 0 unspecified atom stereocenters. The highest BCUT2D eigenvalue weighted by molar-refractivity contribution is 7.17. The maximum atomic E-state index is 14.4. The second kappa shape index (κ2) is 5.10. The number of thiophene rings is 1. The molecule has 0 radical (unpaired) electrons. The molecular formula is C17H24FNS. The maximum absolute atomic E-state index is 14.4. The van der Waals surface area contributed by atoms with E-state index in [1.807, 2.05) is 0 Å². The molecule has 0 spiro atoms. The molecule has 2 aromatic heterocycles. The highest BCUT2D eigenvalue weighted by Crippen LogP contribution is 2.41. The van der Waals surface area contributed by atoms with Gasteiger partial charge in [0.1, 0.15) is 5.82 Å². The highest BCUT2D eigenvalue weighted by Gasteiger charge is 2.28. The number of halogens is 1. The van der Waals surface area contributed by atoms with E-state index in [9.17, 15) is 4.39 Å². The first-order valence-electron chi connectivity index (χ1n) is 7.25. The quantitative estimate of drug-likeness (QED) is 0.663. The fourth-order valence-corrected chi connectivity index (χ4v) is 3.75. The van der Waals surface area contributed by atoms with E-state index in [-0.39, 0.29) is 11.2 Å². The third-order valence-electron chi connectivity index (χ3n) is 3.57. The van der Waals surface area contributed by atoms with E-state index in [4.69, 9.17) is 4.98 Å². The van der Waals surface area contributed by atoms with Gasteiger partial charge in [0.25, 0.3) is 0 Å². The average molecular weight is 293 g/mol. The molecule has 0 fully saturated rings. The number of hydrogen-bond acceptors (Lipinski definition) is 2. The smallest absolute Gasteiger partial charge is 0.142 e. The van der Waals surface area contributed by atoms with Crippen LogP contribution in [0.4, 0.5) is 4.39 Å². The van der Waals surface area contributed by atoms with Gasteiger partial charge in [-0.15, -0.1) is 11.3 Å². The predicted octanol–water partition coefficient (Wildman–Crippen LogP) is 5.98. The first-order chi connectivity index (χ1) is 9.14. The Kier molecular flexibility index (Phi) is 3.94. The van der Waals surface area contributed by atoms with E-state index in [1.54, 1.807) is 5.38 Å². The van der Waals surface area contributed by atoms with Crippen molar-refractivity contribution in [3.63, 3.8) is 0 Å². The van der Waals surface area contributed by atoms with Gasteiger partial charge in [-0.05, 0) is 22.8 Å². The Balaban J connectivity index is 2.98. The maximum Gasteiger partial charge on any atom is 0.142 e. The van der Waals surface area contributed by atoms with Crippen molar-refractivity contribution in [2.24, 2.45) is 0 Å². The third kappa shape index (κ3) is 2.48. The van der Waals surface area contributed by atoms with Crippen LogP contribution < -0.4 is 0 Å². The van der Waals surface area contributed by atoms with Gasteiger partial charge in [0.15, 0.2) is 0 Å². The molecule has 20 heavy (non-hydrogen) atoms. The van der Waals surface area contributed by atoms with Gasteiger partial charge >= 0.3 is 0 Å². The zero-order valence-corrected chi connectivity index (χ0v) is 14.3. The molecule has 0 aliphatic rings. The number of fused-ring (bicyclic) bond motifs is 1. The Labute approximate surface area is 125 Å². The minimum Gasteiger partial charge on any atom is -0.256 e. The van der Waals surface area contributed by atoms with Gasteiger partial charge in [0.2, 0.25) is 0 Å². The summed E-state index contributed by atoms with van der Waals surface area (Å²) in [6, 6.07) is 0. The van der Waals surface area contributed by atoms with Crippen LogP contribution in [-0.2, 0) is 5.41 Å². The van der Waals surface area contributed by atoms with Crippen molar-refractivity contribution >= 4 is 21.4 Å². The van der Waals surface area contributed by atoms with Crippen molar-refractivity contribution in [2.45, 2.75) is 65.7 Å². The molecule has 0 saturated carbocycles. The van der Waals surface area contributed by atoms with E-state index in [0.717, 1.165) is 27.0 Å². The topological polar surface area (TPSA) is 12.9 Å². The molecular weight excluding hydrogens is 269 g/mol. The molecule has 0 aliphatic carbocycles. The van der Waals surface area contributed by atoms with Crippen molar-refractivity contribution in [3.05, 3.63) is 28.1 Å². The van der Waals surface area contributed by atoms with Gasteiger partial charge in [-0.3, -0.25) is 4.98 Å². The van der Waals surface area contributed by atoms with E-state index < -0.39 is 0 Å². The van der Waals surface area contributed by atoms with Crippen LogP contribution >= 0.6 is 11.3 Å². The van der Waals surface area contributed by atoms with Crippen molar-refractivity contribution in [1.82, 2.24) is 4.98 Å². The molecule has 2 aromatic rings. The zero-order chi connectivity index (χ0) is 15.2. The summed E-state index contributed by atoms with van der Waals surface area (Å²) in [4.78, 5) is 4.92. The molecule has 2 heterocycles. The van der Waals surface area contributed by atoms with E-state index in [2.05, 4.69) is 48.5 Å². The Bertz CT molecular complexity index is 632. The van der Waals surface area contributed by atoms with E-state index in [0.29, 0.717) is 11.8 Å². The summed E-state index contributed by atoms with van der Waals surface area (Å²) in [5, 5.41) is 2.42.